The molecule has 98 valence electrons. The maximum atomic E-state index is 13.0. The number of carbonyl (C=O) groups is 1. The molecule has 4 heteroatoms. The first-order valence-corrected chi connectivity index (χ1v) is 6.42. The molecule has 0 saturated heterocycles. The van der Waals surface area contributed by atoms with Gasteiger partial charge in [0.1, 0.15) is 5.82 Å². The molecule has 1 aliphatic carbocycles. The first-order chi connectivity index (χ1) is 8.59. The maximum absolute atomic E-state index is 13.0. The zero-order chi connectivity index (χ0) is 13.1. The largest absolute Gasteiger partial charge is 0.398 e. The van der Waals surface area contributed by atoms with Crippen molar-refractivity contribution in [1.29, 1.82) is 0 Å². The molecule has 0 spiro atoms. The lowest BCUT2D eigenvalue weighted by atomic mass is 9.94. The number of nitrogen functional groups attached to an aromatic ring is 1. The van der Waals surface area contributed by atoms with Crippen LogP contribution in [0, 0.1) is 5.82 Å². The number of anilines is 1. The third-order valence-electron chi connectivity index (χ3n) is 3.69. The van der Waals surface area contributed by atoms with Gasteiger partial charge in [0.15, 0.2) is 0 Å². The summed E-state index contributed by atoms with van der Waals surface area (Å²) in [6.07, 6.45) is 5.67. The Morgan fingerprint density at radius 3 is 2.61 bits per heavy atom. The summed E-state index contributed by atoms with van der Waals surface area (Å²) in [5.74, 6) is -0.524. The van der Waals surface area contributed by atoms with Crippen molar-refractivity contribution in [3.63, 3.8) is 0 Å². The van der Waals surface area contributed by atoms with E-state index in [9.17, 15) is 9.18 Å². The second kappa shape index (κ2) is 5.38. The van der Waals surface area contributed by atoms with Crippen molar-refractivity contribution >= 4 is 11.6 Å². The van der Waals surface area contributed by atoms with Crippen molar-refractivity contribution < 1.29 is 9.18 Å². The molecule has 2 rings (SSSR count). The lowest BCUT2D eigenvalue weighted by Crippen LogP contribution is -2.38. The highest BCUT2D eigenvalue weighted by atomic mass is 19.1. The third kappa shape index (κ3) is 2.63. The van der Waals surface area contributed by atoms with Crippen LogP contribution < -0.4 is 5.73 Å². The molecule has 1 aromatic carbocycles. The van der Waals surface area contributed by atoms with E-state index in [1.807, 2.05) is 0 Å². The summed E-state index contributed by atoms with van der Waals surface area (Å²) >= 11 is 0. The first kappa shape index (κ1) is 12.9. The monoisotopic (exact) mass is 250 g/mol. The highest BCUT2D eigenvalue weighted by molar-refractivity contribution is 5.99. The van der Waals surface area contributed by atoms with E-state index in [4.69, 9.17) is 5.73 Å². The minimum absolute atomic E-state index is 0.112. The average Bonchev–Trinajstić information content (AvgIpc) is 2.38. The minimum atomic E-state index is -0.413. The van der Waals surface area contributed by atoms with Gasteiger partial charge in [0, 0.05) is 18.8 Å². The number of benzene rings is 1. The molecule has 1 saturated carbocycles. The Labute approximate surface area is 107 Å². The fourth-order valence-corrected chi connectivity index (χ4v) is 2.55. The zero-order valence-electron chi connectivity index (χ0n) is 10.7. The highest BCUT2D eigenvalue weighted by Crippen LogP contribution is 2.24. The summed E-state index contributed by atoms with van der Waals surface area (Å²) in [6.45, 7) is 0. The lowest BCUT2D eigenvalue weighted by Gasteiger charge is -2.31. The van der Waals surface area contributed by atoms with Crippen LogP contribution in [-0.2, 0) is 0 Å². The average molecular weight is 250 g/mol. The van der Waals surface area contributed by atoms with Gasteiger partial charge in [-0.1, -0.05) is 19.3 Å². The van der Waals surface area contributed by atoms with Gasteiger partial charge in [0.2, 0.25) is 0 Å². The van der Waals surface area contributed by atoms with Crippen LogP contribution in [0.15, 0.2) is 18.2 Å². The maximum Gasteiger partial charge on any atom is 0.255 e. The quantitative estimate of drug-likeness (QED) is 0.820. The molecule has 0 aliphatic heterocycles. The standard InChI is InChI=1S/C14H19FN2O/c1-17(11-5-3-2-4-6-11)14(18)12-8-7-10(15)9-13(12)16/h7-9,11H,2-6,16H2,1H3. The Balaban J connectivity index is 2.14. The van der Waals surface area contributed by atoms with Crippen molar-refractivity contribution in [2.75, 3.05) is 12.8 Å². The zero-order valence-corrected chi connectivity index (χ0v) is 10.7. The van der Waals surface area contributed by atoms with Crippen LogP contribution >= 0.6 is 0 Å². The van der Waals surface area contributed by atoms with Crippen LogP contribution in [0.5, 0.6) is 0 Å². The van der Waals surface area contributed by atoms with Gasteiger partial charge in [-0.05, 0) is 31.0 Å². The molecular weight excluding hydrogens is 231 g/mol. The molecule has 1 aliphatic rings. The predicted molar refractivity (Wildman–Crippen MR) is 69.8 cm³/mol. The number of carbonyl (C=O) groups excluding carboxylic acids is 1. The number of hydrogen-bond donors (Lipinski definition) is 1. The minimum Gasteiger partial charge on any atom is -0.398 e. The van der Waals surface area contributed by atoms with Crippen LogP contribution in [0.4, 0.5) is 10.1 Å². The van der Waals surface area contributed by atoms with E-state index in [2.05, 4.69) is 0 Å². The van der Waals surface area contributed by atoms with Crippen molar-refractivity contribution in [2.24, 2.45) is 0 Å². The fourth-order valence-electron chi connectivity index (χ4n) is 2.55. The number of nitrogens with two attached hydrogens (primary N) is 1. The Bertz CT molecular complexity index is 441. The molecule has 0 bridgehead atoms. The van der Waals surface area contributed by atoms with Gasteiger partial charge < -0.3 is 10.6 Å². The van der Waals surface area contributed by atoms with E-state index in [-0.39, 0.29) is 17.6 Å². The van der Waals surface area contributed by atoms with E-state index in [1.54, 1.807) is 11.9 Å². The van der Waals surface area contributed by atoms with E-state index in [1.165, 1.54) is 37.5 Å². The normalized spacial score (nSPS) is 16.6. The SMILES string of the molecule is CN(C(=O)c1ccc(F)cc1N)C1CCCCC1. The number of hydrogen-bond acceptors (Lipinski definition) is 2. The number of amides is 1. The van der Waals surface area contributed by atoms with Gasteiger partial charge >= 0.3 is 0 Å². The molecule has 1 fully saturated rings. The summed E-state index contributed by atoms with van der Waals surface area (Å²) in [4.78, 5) is 14.1. The Morgan fingerprint density at radius 1 is 1.33 bits per heavy atom. The van der Waals surface area contributed by atoms with Crippen LogP contribution in [0.1, 0.15) is 42.5 Å². The fraction of sp³-hybridized carbons (Fsp3) is 0.500. The summed E-state index contributed by atoms with van der Waals surface area (Å²) in [7, 11) is 1.81. The molecule has 0 radical (unpaired) electrons. The first-order valence-electron chi connectivity index (χ1n) is 6.42. The lowest BCUT2D eigenvalue weighted by molar-refractivity contribution is 0.0697. The molecule has 0 unspecified atom stereocenters. The number of halogens is 1. The molecule has 1 amide bonds. The van der Waals surface area contributed by atoms with Crippen LogP contribution in [-0.4, -0.2) is 23.9 Å². The Morgan fingerprint density at radius 2 is 2.00 bits per heavy atom. The predicted octanol–water partition coefficient (Wildman–Crippen LogP) is 2.81. The second-order valence-electron chi connectivity index (χ2n) is 4.94. The van der Waals surface area contributed by atoms with Crippen molar-refractivity contribution in [3.8, 4) is 0 Å². The Kier molecular flexibility index (Phi) is 3.84. The van der Waals surface area contributed by atoms with E-state index >= 15 is 0 Å². The summed E-state index contributed by atoms with van der Waals surface area (Å²) in [5.41, 5.74) is 6.31. The summed E-state index contributed by atoms with van der Waals surface area (Å²) in [6, 6.07) is 4.22. The van der Waals surface area contributed by atoms with Gasteiger partial charge in [-0.25, -0.2) is 4.39 Å². The smallest absolute Gasteiger partial charge is 0.255 e. The molecule has 2 N–H and O–H groups in total. The summed E-state index contributed by atoms with van der Waals surface area (Å²) < 4.78 is 13.0. The van der Waals surface area contributed by atoms with Crippen molar-refractivity contribution in [3.05, 3.63) is 29.6 Å². The van der Waals surface area contributed by atoms with E-state index < -0.39 is 5.82 Å². The van der Waals surface area contributed by atoms with Crippen LogP contribution in [0.2, 0.25) is 0 Å². The van der Waals surface area contributed by atoms with Crippen LogP contribution in [0.3, 0.4) is 0 Å². The van der Waals surface area contributed by atoms with Crippen LogP contribution in [0.25, 0.3) is 0 Å². The molecule has 1 aromatic rings. The molecule has 3 nitrogen and oxygen atoms in total. The van der Waals surface area contributed by atoms with E-state index in [0.717, 1.165) is 12.8 Å². The summed E-state index contributed by atoms with van der Waals surface area (Å²) in [5, 5.41) is 0. The number of nitrogens with zero attached hydrogens (tertiary/aromatic N) is 1. The van der Waals surface area contributed by atoms with Crippen molar-refractivity contribution in [1.82, 2.24) is 4.90 Å². The third-order valence-corrected chi connectivity index (χ3v) is 3.69. The Hall–Kier alpha value is -1.58. The van der Waals surface area contributed by atoms with E-state index in [0.29, 0.717) is 5.56 Å². The molecular formula is C14H19FN2O. The topological polar surface area (TPSA) is 46.3 Å². The van der Waals surface area contributed by atoms with Gasteiger partial charge in [-0.2, -0.15) is 0 Å². The van der Waals surface area contributed by atoms with Crippen molar-refractivity contribution in [2.45, 2.75) is 38.1 Å². The number of rotatable bonds is 2. The highest BCUT2D eigenvalue weighted by Gasteiger charge is 2.24. The molecule has 0 atom stereocenters. The van der Waals surface area contributed by atoms with Gasteiger partial charge in [-0.15, -0.1) is 0 Å². The van der Waals surface area contributed by atoms with Gasteiger partial charge in [0.05, 0.1) is 5.56 Å². The van der Waals surface area contributed by atoms with Gasteiger partial charge in [0.25, 0.3) is 5.91 Å². The molecule has 18 heavy (non-hydrogen) atoms. The second-order valence-corrected chi connectivity index (χ2v) is 4.94. The molecule has 0 heterocycles. The molecule has 0 aromatic heterocycles. The van der Waals surface area contributed by atoms with Gasteiger partial charge in [-0.3, -0.25) is 4.79 Å².